The number of carbonyl (C=O) groups is 1. The molecule has 0 radical (unpaired) electrons. The quantitative estimate of drug-likeness (QED) is 0.861. The van der Waals surface area contributed by atoms with Gasteiger partial charge in [-0.05, 0) is 12.8 Å². The Balaban J connectivity index is 2.01. The number of imidazole rings is 1. The number of aromatic nitrogens is 2. The molecule has 4 nitrogen and oxygen atoms in total. The van der Waals surface area contributed by atoms with E-state index < -0.39 is 12.1 Å². The Bertz CT molecular complexity index is 496. The summed E-state index contributed by atoms with van der Waals surface area (Å²) in [4.78, 5) is 17.7. The highest BCUT2D eigenvalue weighted by molar-refractivity contribution is 5.76. The van der Waals surface area contributed by atoms with Crippen LogP contribution in [0, 0.1) is 5.92 Å². The molecule has 0 bridgehead atoms. The molecule has 1 saturated heterocycles. The average Bonchev–Trinajstić information content (AvgIpc) is 2.86. The van der Waals surface area contributed by atoms with Crippen molar-refractivity contribution in [2.45, 2.75) is 45.3 Å². The molecule has 0 aliphatic carbocycles. The number of amides is 1. The lowest BCUT2D eigenvalue weighted by molar-refractivity contribution is -0.188. The average molecular weight is 303 g/mol. The second-order valence-corrected chi connectivity index (χ2v) is 5.79. The van der Waals surface area contributed by atoms with Gasteiger partial charge in [0.25, 0.3) is 0 Å². The van der Waals surface area contributed by atoms with Gasteiger partial charge in [0.15, 0.2) is 0 Å². The van der Waals surface area contributed by atoms with Gasteiger partial charge >= 0.3 is 6.18 Å². The highest BCUT2D eigenvalue weighted by atomic mass is 19.4. The number of hydrogen-bond acceptors (Lipinski definition) is 2. The summed E-state index contributed by atoms with van der Waals surface area (Å²) in [7, 11) is 0. The van der Waals surface area contributed by atoms with Crippen LogP contribution in [-0.4, -0.2) is 39.6 Å². The topological polar surface area (TPSA) is 38.1 Å². The largest absolute Gasteiger partial charge is 0.393 e. The second kappa shape index (κ2) is 6.07. The van der Waals surface area contributed by atoms with Crippen molar-refractivity contribution < 1.29 is 18.0 Å². The van der Waals surface area contributed by atoms with Crippen LogP contribution in [0.25, 0.3) is 0 Å². The van der Waals surface area contributed by atoms with Crippen molar-refractivity contribution in [3.8, 4) is 0 Å². The van der Waals surface area contributed by atoms with Crippen molar-refractivity contribution in [3.63, 3.8) is 0 Å². The lowest BCUT2D eigenvalue weighted by Crippen LogP contribution is -2.45. The van der Waals surface area contributed by atoms with Crippen LogP contribution < -0.4 is 0 Å². The van der Waals surface area contributed by atoms with Gasteiger partial charge in [0.1, 0.15) is 12.4 Å². The van der Waals surface area contributed by atoms with E-state index in [1.807, 2.05) is 13.8 Å². The molecule has 1 aromatic heterocycles. The van der Waals surface area contributed by atoms with E-state index in [4.69, 9.17) is 0 Å². The van der Waals surface area contributed by atoms with Crippen LogP contribution in [0.15, 0.2) is 12.4 Å². The van der Waals surface area contributed by atoms with Crippen molar-refractivity contribution in [1.29, 1.82) is 0 Å². The molecule has 1 aliphatic rings. The minimum atomic E-state index is -4.23. The van der Waals surface area contributed by atoms with Crippen LogP contribution in [0.3, 0.4) is 0 Å². The third-order valence-electron chi connectivity index (χ3n) is 3.81. The molecule has 1 atom stereocenters. The summed E-state index contributed by atoms with van der Waals surface area (Å²) in [6, 6.07) is 0. The Labute approximate surface area is 121 Å². The van der Waals surface area contributed by atoms with Crippen molar-refractivity contribution in [2.75, 3.05) is 13.1 Å². The summed E-state index contributed by atoms with van der Waals surface area (Å²) < 4.78 is 40.0. The molecule has 1 amide bonds. The van der Waals surface area contributed by atoms with E-state index in [-0.39, 0.29) is 31.3 Å². The number of halogens is 3. The maximum Gasteiger partial charge on any atom is 0.393 e. The van der Waals surface area contributed by atoms with Gasteiger partial charge in [-0.15, -0.1) is 0 Å². The van der Waals surface area contributed by atoms with Crippen LogP contribution >= 0.6 is 0 Å². The third-order valence-corrected chi connectivity index (χ3v) is 3.81. The van der Waals surface area contributed by atoms with Gasteiger partial charge in [-0.3, -0.25) is 4.79 Å². The maximum atomic E-state index is 12.8. The van der Waals surface area contributed by atoms with Gasteiger partial charge in [0, 0.05) is 31.4 Å². The Kier molecular flexibility index (Phi) is 4.58. The standard InChI is InChI=1S/C14H20F3N3O/c1-10(2)13-18-5-7-20(13)9-12(21)19-6-3-4-11(8-19)14(15,16)17/h5,7,10-11H,3-4,6,8-9H2,1-2H3/t11-/m0/s1. The molecule has 2 heterocycles. The van der Waals surface area contributed by atoms with Crippen molar-refractivity contribution in [3.05, 3.63) is 18.2 Å². The molecule has 1 fully saturated rings. The third kappa shape index (κ3) is 3.77. The molecule has 2 rings (SSSR count). The Morgan fingerprint density at radius 2 is 2.19 bits per heavy atom. The van der Waals surface area contributed by atoms with Crippen molar-refractivity contribution in [1.82, 2.24) is 14.5 Å². The number of rotatable bonds is 3. The fraction of sp³-hybridized carbons (Fsp3) is 0.714. The van der Waals surface area contributed by atoms with Gasteiger partial charge in [-0.25, -0.2) is 4.98 Å². The Hall–Kier alpha value is -1.53. The number of hydrogen-bond donors (Lipinski definition) is 0. The Morgan fingerprint density at radius 3 is 2.81 bits per heavy atom. The van der Waals surface area contributed by atoms with Gasteiger partial charge in [-0.1, -0.05) is 13.8 Å². The fourth-order valence-corrected chi connectivity index (χ4v) is 2.67. The molecular weight excluding hydrogens is 283 g/mol. The summed E-state index contributed by atoms with van der Waals surface area (Å²) >= 11 is 0. The zero-order valence-electron chi connectivity index (χ0n) is 12.2. The van der Waals surface area contributed by atoms with Gasteiger partial charge < -0.3 is 9.47 Å². The monoisotopic (exact) mass is 303 g/mol. The van der Waals surface area contributed by atoms with E-state index in [1.165, 1.54) is 4.90 Å². The van der Waals surface area contributed by atoms with E-state index in [2.05, 4.69) is 4.98 Å². The summed E-state index contributed by atoms with van der Waals surface area (Å²) in [5.74, 6) is -0.740. The smallest absolute Gasteiger partial charge is 0.341 e. The number of piperidine rings is 1. The summed E-state index contributed by atoms with van der Waals surface area (Å²) in [5, 5.41) is 0. The van der Waals surface area contributed by atoms with E-state index in [0.29, 0.717) is 13.0 Å². The first-order chi connectivity index (χ1) is 9.79. The number of carbonyl (C=O) groups excluding carboxylic acids is 1. The van der Waals surface area contributed by atoms with Crippen LogP contribution in [0.1, 0.15) is 38.4 Å². The van der Waals surface area contributed by atoms with Crippen LogP contribution in [0.2, 0.25) is 0 Å². The first-order valence-corrected chi connectivity index (χ1v) is 7.14. The molecule has 0 N–H and O–H groups in total. The van der Waals surface area contributed by atoms with Crippen molar-refractivity contribution in [2.24, 2.45) is 5.92 Å². The molecule has 1 aromatic rings. The minimum Gasteiger partial charge on any atom is -0.341 e. The van der Waals surface area contributed by atoms with Crippen LogP contribution in [0.5, 0.6) is 0 Å². The molecule has 0 spiro atoms. The summed E-state index contributed by atoms with van der Waals surface area (Å²) in [6.45, 7) is 4.15. The maximum absolute atomic E-state index is 12.8. The number of nitrogens with zero attached hydrogens (tertiary/aromatic N) is 3. The first kappa shape index (κ1) is 15.9. The van der Waals surface area contributed by atoms with Gasteiger partial charge in [0.05, 0.1) is 5.92 Å². The first-order valence-electron chi connectivity index (χ1n) is 7.14. The lowest BCUT2D eigenvalue weighted by Gasteiger charge is -2.34. The predicted molar refractivity (Wildman–Crippen MR) is 71.7 cm³/mol. The summed E-state index contributed by atoms with van der Waals surface area (Å²) in [6.07, 6.45) is -0.417. The highest BCUT2D eigenvalue weighted by Crippen LogP contribution is 2.33. The van der Waals surface area contributed by atoms with Gasteiger partial charge in [-0.2, -0.15) is 13.2 Å². The molecule has 0 aromatic carbocycles. The zero-order chi connectivity index (χ0) is 15.6. The molecule has 0 saturated carbocycles. The normalized spacial score (nSPS) is 20.1. The Morgan fingerprint density at radius 1 is 1.48 bits per heavy atom. The lowest BCUT2D eigenvalue weighted by atomic mass is 9.97. The number of alkyl halides is 3. The molecular formula is C14H20F3N3O. The zero-order valence-corrected chi connectivity index (χ0v) is 12.2. The van der Waals surface area contributed by atoms with E-state index in [9.17, 15) is 18.0 Å². The van der Waals surface area contributed by atoms with Crippen LogP contribution in [-0.2, 0) is 11.3 Å². The summed E-state index contributed by atoms with van der Waals surface area (Å²) in [5.41, 5.74) is 0. The van der Waals surface area contributed by atoms with E-state index in [0.717, 1.165) is 5.82 Å². The van der Waals surface area contributed by atoms with Crippen LogP contribution in [0.4, 0.5) is 13.2 Å². The molecule has 7 heteroatoms. The van der Waals surface area contributed by atoms with E-state index >= 15 is 0 Å². The minimum absolute atomic E-state index is 0.0537. The molecule has 1 aliphatic heterocycles. The predicted octanol–water partition coefficient (Wildman–Crippen LogP) is 2.81. The fourth-order valence-electron chi connectivity index (χ4n) is 2.67. The van der Waals surface area contributed by atoms with Crippen molar-refractivity contribution >= 4 is 5.91 Å². The molecule has 0 unspecified atom stereocenters. The SMILES string of the molecule is CC(C)c1nccn1CC(=O)N1CCC[C@H](C(F)(F)F)C1. The number of likely N-dealkylation sites (tertiary alicyclic amines) is 1. The van der Waals surface area contributed by atoms with E-state index in [1.54, 1.807) is 17.0 Å². The van der Waals surface area contributed by atoms with Gasteiger partial charge in [0.2, 0.25) is 5.91 Å². The second-order valence-electron chi connectivity index (χ2n) is 5.79. The molecule has 118 valence electrons. The highest BCUT2D eigenvalue weighted by Gasteiger charge is 2.42. The molecule has 21 heavy (non-hydrogen) atoms.